The highest BCUT2D eigenvalue weighted by molar-refractivity contribution is 7.89. The van der Waals surface area contributed by atoms with Crippen molar-refractivity contribution in [1.82, 2.24) is 4.31 Å². The maximum absolute atomic E-state index is 12.7. The molecule has 0 radical (unpaired) electrons. The van der Waals surface area contributed by atoms with Gasteiger partial charge in [0.2, 0.25) is 15.9 Å². The molecule has 0 aromatic heterocycles. The maximum Gasteiger partial charge on any atom is 0.243 e. The number of fused-ring (bicyclic) bond motifs is 1. The second-order valence-electron chi connectivity index (χ2n) is 5.80. The number of benzene rings is 2. The molecule has 144 valence electrons. The quantitative estimate of drug-likeness (QED) is 0.791. The van der Waals surface area contributed by atoms with Gasteiger partial charge in [-0.05, 0) is 30.3 Å². The second-order valence-corrected chi connectivity index (χ2v) is 8.17. The number of rotatable bonds is 6. The van der Waals surface area contributed by atoms with Crippen LogP contribution in [0.4, 0.5) is 5.69 Å². The molecule has 0 aliphatic carbocycles. The Kier molecular flexibility index (Phi) is 5.88. The van der Waals surface area contributed by atoms with E-state index in [1.165, 1.54) is 12.1 Å². The van der Waals surface area contributed by atoms with Crippen molar-refractivity contribution in [3.05, 3.63) is 47.5 Å². The van der Waals surface area contributed by atoms with Gasteiger partial charge < -0.3 is 14.8 Å². The summed E-state index contributed by atoms with van der Waals surface area (Å²) < 4.78 is 37.5. The lowest BCUT2D eigenvalue weighted by molar-refractivity contribution is -0.116. The van der Waals surface area contributed by atoms with Gasteiger partial charge in [0.05, 0.1) is 11.4 Å². The molecule has 3 rings (SSSR count). The van der Waals surface area contributed by atoms with Crippen molar-refractivity contribution in [2.75, 3.05) is 31.6 Å². The van der Waals surface area contributed by atoms with Crippen LogP contribution in [0, 0.1) is 0 Å². The molecule has 0 atom stereocenters. The first-order chi connectivity index (χ1) is 12.9. The van der Waals surface area contributed by atoms with Crippen LogP contribution in [0.15, 0.2) is 47.4 Å². The lowest BCUT2D eigenvalue weighted by atomic mass is 10.2. The Morgan fingerprint density at radius 1 is 1.15 bits per heavy atom. The van der Waals surface area contributed by atoms with Crippen LogP contribution in [-0.2, 0) is 14.8 Å². The van der Waals surface area contributed by atoms with Crippen LogP contribution in [0.1, 0.15) is 6.92 Å². The highest BCUT2D eigenvalue weighted by Gasteiger charge is 2.25. The van der Waals surface area contributed by atoms with Crippen molar-refractivity contribution in [3.63, 3.8) is 0 Å². The number of hydrogen-bond donors (Lipinski definition) is 1. The number of halogens is 1. The van der Waals surface area contributed by atoms with Gasteiger partial charge in [-0.15, -0.1) is 0 Å². The summed E-state index contributed by atoms with van der Waals surface area (Å²) in [6.45, 7) is 2.40. The summed E-state index contributed by atoms with van der Waals surface area (Å²) in [7, 11) is -3.83. The van der Waals surface area contributed by atoms with E-state index in [9.17, 15) is 13.2 Å². The SMILES string of the molecule is CCN(CC(=O)Nc1ccc2c(c1)OCCO2)S(=O)(=O)c1cccc(Cl)c1. The number of sulfonamides is 1. The second kappa shape index (κ2) is 8.16. The van der Waals surface area contributed by atoms with Gasteiger partial charge in [-0.3, -0.25) is 4.79 Å². The van der Waals surface area contributed by atoms with E-state index < -0.39 is 15.9 Å². The largest absolute Gasteiger partial charge is 0.486 e. The molecule has 7 nitrogen and oxygen atoms in total. The number of amides is 1. The number of likely N-dealkylation sites (N-methyl/N-ethyl adjacent to an activating group) is 1. The molecule has 0 saturated heterocycles. The first-order valence-electron chi connectivity index (χ1n) is 8.35. The Balaban J connectivity index is 1.72. The third-order valence-electron chi connectivity index (χ3n) is 3.93. The van der Waals surface area contributed by atoms with E-state index in [0.29, 0.717) is 35.4 Å². The third-order valence-corrected chi connectivity index (χ3v) is 6.08. The van der Waals surface area contributed by atoms with Crippen LogP contribution in [0.25, 0.3) is 0 Å². The lowest BCUT2D eigenvalue weighted by Gasteiger charge is -2.21. The van der Waals surface area contributed by atoms with Crippen molar-refractivity contribution in [2.24, 2.45) is 0 Å². The van der Waals surface area contributed by atoms with Crippen molar-refractivity contribution < 1.29 is 22.7 Å². The van der Waals surface area contributed by atoms with E-state index in [1.54, 1.807) is 37.3 Å². The summed E-state index contributed by atoms with van der Waals surface area (Å²) in [6, 6.07) is 11.0. The fraction of sp³-hybridized carbons (Fsp3) is 0.278. The predicted molar refractivity (Wildman–Crippen MR) is 102 cm³/mol. The molecule has 1 N–H and O–H groups in total. The summed E-state index contributed by atoms with van der Waals surface area (Å²) in [6.07, 6.45) is 0. The average Bonchev–Trinajstić information content (AvgIpc) is 2.66. The van der Waals surface area contributed by atoms with Crippen molar-refractivity contribution in [1.29, 1.82) is 0 Å². The first kappa shape index (κ1) is 19.5. The summed E-state index contributed by atoms with van der Waals surface area (Å²) in [4.78, 5) is 12.4. The van der Waals surface area contributed by atoms with Crippen LogP contribution in [0.3, 0.4) is 0 Å². The van der Waals surface area contributed by atoms with Crippen LogP contribution in [0.2, 0.25) is 5.02 Å². The zero-order valence-corrected chi connectivity index (χ0v) is 16.2. The van der Waals surface area contributed by atoms with Crippen LogP contribution < -0.4 is 14.8 Å². The maximum atomic E-state index is 12.7. The predicted octanol–water partition coefficient (Wildman–Crippen LogP) is 2.76. The molecule has 2 aromatic rings. The highest BCUT2D eigenvalue weighted by atomic mass is 35.5. The van der Waals surface area contributed by atoms with Gasteiger partial charge in [-0.1, -0.05) is 24.6 Å². The minimum Gasteiger partial charge on any atom is -0.486 e. The number of hydrogen-bond acceptors (Lipinski definition) is 5. The van der Waals surface area contributed by atoms with E-state index in [4.69, 9.17) is 21.1 Å². The molecular weight excluding hydrogens is 392 g/mol. The molecule has 1 amide bonds. The summed E-state index contributed by atoms with van der Waals surface area (Å²) in [5, 5.41) is 3.00. The molecule has 1 aliphatic rings. The molecule has 9 heteroatoms. The minimum atomic E-state index is -3.83. The van der Waals surface area contributed by atoms with Gasteiger partial charge >= 0.3 is 0 Å². The van der Waals surface area contributed by atoms with Crippen LogP contribution in [0.5, 0.6) is 11.5 Å². The Morgan fingerprint density at radius 3 is 2.59 bits per heavy atom. The molecule has 2 aromatic carbocycles. The van der Waals surface area contributed by atoms with Gasteiger partial charge in [0.25, 0.3) is 0 Å². The molecule has 1 heterocycles. The van der Waals surface area contributed by atoms with Crippen LogP contribution >= 0.6 is 11.6 Å². The molecule has 1 aliphatic heterocycles. The molecule has 0 bridgehead atoms. The molecule has 0 saturated carbocycles. The van der Waals surface area contributed by atoms with E-state index in [0.717, 1.165) is 4.31 Å². The smallest absolute Gasteiger partial charge is 0.243 e. The number of anilines is 1. The zero-order valence-electron chi connectivity index (χ0n) is 14.6. The summed E-state index contributed by atoms with van der Waals surface area (Å²) in [5.41, 5.74) is 0.500. The van der Waals surface area contributed by atoms with Gasteiger partial charge in [0, 0.05) is 23.3 Å². The highest BCUT2D eigenvalue weighted by Crippen LogP contribution is 2.32. The van der Waals surface area contributed by atoms with E-state index in [-0.39, 0.29) is 18.0 Å². The summed E-state index contributed by atoms with van der Waals surface area (Å²) >= 11 is 5.89. The Labute approximate surface area is 162 Å². The number of carbonyl (C=O) groups is 1. The Morgan fingerprint density at radius 2 is 1.89 bits per heavy atom. The fourth-order valence-electron chi connectivity index (χ4n) is 2.63. The molecule has 0 fully saturated rings. The van der Waals surface area contributed by atoms with Gasteiger partial charge in [-0.25, -0.2) is 8.42 Å². The Hall–Kier alpha value is -2.29. The lowest BCUT2D eigenvalue weighted by Crippen LogP contribution is -2.37. The first-order valence-corrected chi connectivity index (χ1v) is 10.2. The normalized spacial score (nSPS) is 13.4. The Bertz CT molecular complexity index is 949. The van der Waals surface area contributed by atoms with Crippen molar-refractivity contribution >= 4 is 33.2 Å². The standard InChI is InChI=1S/C18H19ClN2O5S/c1-2-21(27(23,24)15-5-3-4-13(19)10-15)12-18(22)20-14-6-7-16-17(11-14)26-9-8-25-16/h3-7,10-11H,2,8-9,12H2,1H3,(H,20,22). The molecule has 0 unspecified atom stereocenters. The van der Waals surface area contributed by atoms with Gasteiger partial charge in [0.1, 0.15) is 13.2 Å². The number of carbonyl (C=O) groups excluding carboxylic acids is 1. The number of nitrogens with zero attached hydrogens (tertiary/aromatic N) is 1. The third kappa shape index (κ3) is 4.52. The van der Waals surface area contributed by atoms with E-state index in [2.05, 4.69) is 5.32 Å². The topological polar surface area (TPSA) is 84.9 Å². The molecular formula is C18H19ClN2O5S. The van der Waals surface area contributed by atoms with Crippen molar-refractivity contribution in [2.45, 2.75) is 11.8 Å². The number of nitrogens with one attached hydrogen (secondary N) is 1. The number of ether oxygens (including phenoxy) is 2. The molecule has 27 heavy (non-hydrogen) atoms. The van der Waals surface area contributed by atoms with E-state index in [1.807, 2.05) is 0 Å². The van der Waals surface area contributed by atoms with Crippen LogP contribution in [-0.4, -0.2) is 44.9 Å². The van der Waals surface area contributed by atoms with E-state index >= 15 is 0 Å². The van der Waals surface area contributed by atoms with Gasteiger partial charge in [0.15, 0.2) is 11.5 Å². The zero-order chi connectivity index (χ0) is 19.4. The van der Waals surface area contributed by atoms with Gasteiger partial charge in [-0.2, -0.15) is 4.31 Å². The fourth-order valence-corrected chi connectivity index (χ4v) is 4.33. The molecule has 0 spiro atoms. The minimum absolute atomic E-state index is 0.0454. The monoisotopic (exact) mass is 410 g/mol. The average molecular weight is 411 g/mol. The van der Waals surface area contributed by atoms with Crippen molar-refractivity contribution in [3.8, 4) is 11.5 Å². The summed E-state index contributed by atoms with van der Waals surface area (Å²) in [5.74, 6) is 0.690.